The highest BCUT2D eigenvalue weighted by molar-refractivity contribution is 5.81. The number of hydrogen-bond acceptors (Lipinski definition) is 29. The molecule has 0 spiro atoms. The number of rotatable bonds is 77. The molecular weight excluding hydrogens is 1490 g/mol. The summed E-state index contributed by atoms with van der Waals surface area (Å²) < 4.78 is 0. The van der Waals surface area contributed by atoms with E-state index in [-0.39, 0.29) is 303 Å². The third-order valence-corrected chi connectivity index (χ3v) is 17.9. The molecule has 0 aliphatic carbocycles. The summed E-state index contributed by atoms with van der Waals surface area (Å²) in [6, 6.07) is 0. The Hall–Kier alpha value is -8.02. The summed E-state index contributed by atoms with van der Waals surface area (Å²) in [5.41, 5.74) is 44.3. The van der Waals surface area contributed by atoms with Crippen LogP contribution in [-0.2, 0) is 67.1 Å². The molecule has 0 aromatic rings. The van der Waals surface area contributed by atoms with Gasteiger partial charge in [-0.1, -0.05) is 6.92 Å². The fourth-order valence-electron chi connectivity index (χ4n) is 11.1. The first-order valence-corrected chi connectivity index (χ1v) is 40.9. The van der Waals surface area contributed by atoms with Crippen LogP contribution < -0.4 is 120 Å². The standard InChI is InChI=1S/C72H147N29O14/c1-2-95(39-3-67(110)89-33-53-100(49-13-69(112)91-35-55-96(41-5-59(102)81-25-17-73)42-6-60(103)82-26-18-74)50-14-70(113)92-36-56-97(43-7-61(104)83-27-19-75)44-8-62(105)84-28-20-76)40-4-68(111)90-34-54-101(51-15-71(114)93-37-57-98(45-9-63(106)85-29-21-77)46-10-64(107)86-30-22-78)52-16-72(115)94-38-58-99(47-11-65(108)87-31-23-79)48-12-66(109)88-32-24-80/h2-58,73-80H2,1H3,(H,81,102)(H,82,103)(H,83,104)(H,84,105)(H,85,106)(H,86,107)(H,87,108)(H,88,109)(H,89,110)(H,90,111)(H,91,112)(H,92,113)(H,93,114)(H,94,115). The minimum Gasteiger partial charge on any atom is -0.355 e. The Morgan fingerprint density at radius 3 is 0.348 bits per heavy atom. The van der Waals surface area contributed by atoms with E-state index in [0.717, 1.165) is 0 Å². The molecule has 0 aromatic carbocycles. The van der Waals surface area contributed by atoms with Gasteiger partial charge in [0, 0.05) is 365 Å². The van der Waals surface area contributed by atoms with E-state index >= 15 is 0 Å². The number of hydrogen-bond donors (Lipinski definition) is 22. The van der Waals surface area contributed by atoms with Gasteiger partial charge in [-0.3, -0.25) is 67.1 Å². The van der Waals surface area contributed by atoms with Gasteiger partial charge in [0.25, 0.3) is 0 Å². The molecule has 43 nitrogen and oxygen atoms in total. The zero-order valence-electron chi connectivity index (χ0n) is 68.8. The van der Waals surface area contributed by atoms with Gasteiger partial charge in [0.15, 0.2) is 0 Å². The van der Waals surface area contributed by atoms with Crippen LogP contribution in [0.15, 0.2) is 0 Å². The Morgan fingerprint density at radius 1 is 0.157 bits per heavy atom. The summed E-state index contributed by atoms with van der Waals surface area (Å²) in [7, 11) is 0. The lowest BCUT2D eigenvalue weighted by atomic mass is 10.2. The van der Waals surface area contributed by atoms with Gasteiger partial charge in [-0.15, -0.1) is 0 Å². The predicted molar refractivity (Wildman–Crippen MR) is 440 cm³/mol. The SMILES string of the molecule is CCN(CCC(=O)NCCN(CCC(=O)NCCN(CCC(=O)NCCN)CCC(=O)NCCN)CCC(=O)NCCN(CCC(=O)NCCN)CCC(=O)NCCN)CCC(=O)NCCN(CCC(=O)NCCN(CCC(=O)NCCN)CCC(=O)NCCN)CCC(=O)NCCN(CCC(=O)NCCN)CCC(=O)NCCN. The average Bonchev–Trinajstić information content (AvgIpc) is 0.958. The van der Waals surface area contributed by atoms with Gasteiger partial charge < -0.3 is 155 Å². The second-order valence-electron chi connectivity index (χ2n) is 27.2. The molecule has 664 valence electrons. The lowest BCUT2D eigenvalue weighted by Crippen LogP contribution is -2.42. The van der Waals surface area contributed by atoms with Crippen LogP contribution in [0.4, 0.5) is 0 Å². The van der Waals surface area contributed by atoms with Crippen LogP contribution in [-0.4, -0.2) is 398 Å². The lowest BCUT2D eigenvalue weighted by Gasteiger charge is -2.24. The van der Waals surface area contributed by atoms with Gasteiger partial charge >= 0.3 is 0 Å². The molecule has 0 fully saturated rings. The molecule has 43 heteroatoms. The van der Waals surface area contributed by atoms with Gasteiger partial charge in [-0.25, -0.2) is 0 Å². The van der Waals surface area contributed by atoms with Gasteiger partial charge in [0.2, 0.25) is 82.7 Å². The van der Waals surface area contributed by atoms with E-state index in [1.807, 2.05) is 41.2 Å². The topological polar surface area (TPSA) is 638 Å². The van der Waals surface area contributed by atoms with Crippen LogP contribution in [0.1, 0.15) is 96.8 Å². The number of nitrogens with zero attached hydrogens (tertiary/aromatic N) is 7. The predicted octanol–water partition coefficient (Wildman–Crippen LogP) is -12.1. The molecule has 115 heavy (non-hydrogen) atoms. The van der Waals surface area contributed by atoms with E-state index < -0.39 is 0 Å². The van der Waals surface area contributed by atoms with Gasteiger partial charge in [-0.05, 0) is 6.54 Å². The van der Waals surface area contributed by atoms with Crippen molar-refractivity contribution in [2.24, 2.45) is 45.9 Å². The van der Waals surface area contributed by atoms with Crippen molar-refractivity contribution in [1.82, 2.24) is 109 Å². The first-order valence-electron chi connectivity index (χ1n) is 40.9. The third-order valence-electron chi connectivity index (χ3n) is 17.9. The Bertz CT molecular complexity index is 2300. The van der Waals surface area contributed by atoms with Gasteiger partial charge in [0.05, 0.1) is 0 Å². The van der Waals surface area contributed by atoms with Crippen molar-refractivity contribution in [2.75, 3.05) is 281 Å². The van der Waals surface area contributed by atoms with E-state index in [0.29, 0.717) is 151 Å². The number of nitrogens with two attached hydrogens (primary N) is 8. The smallest absolute Gasteiger partial charge is 0.221 e. The van der Waals surface area contributed by atoms with Crippen LogP contribution in [0.25, 0.3) is 0 Å². The molecule has 0 bridgehead atoms. The Kier molecular flexibility index (Phi) is 68.5. The highest BCUT2D eigenvalue weighted by atomic mass is 16.2. The van der Waals surface area contributed by atoms with E-state index in [1.165, 1.54) is 0 Å². The van der Waals surface area contributed by atoms with Crippen molar-refractivity contribution in [2.45, 2.75) is 96.8 Å². The molecule has 0 saturated carbocycles. The molecule has 0 heterocycles. The second-order valence-corrected chi connectivity index (χ2v) is 27.2. The van der Waals surface area contributed by atoms with Crippen molar-refractivity contribution in [3.63, 3.8) is 0 Å². The Balaban J connectivity index is 6.15. The van der Waals surface area contributed by atoms with E-state index in [2.05, 4.69) is 74.4 Å². The summed E-state index contributed by atoms with van der Waals surface area (Å²) >= 11 is 0. The van der Waals surface area contributed by atoms with E-state index in [4.69, 9.17) is 45.9 Å². The molecule has 0 unspecified atom stereocenters. The van der Waals surface area contributed by atoms with Crippen LogP contribution in [0.2, 0.25) is 0 Å². The highest BCUT2D eigenvalue weighted by Gasteiger charge is 2.21. The molecule has 0 aliphatic heterocycles. The molecule has 0 rings (SSSR count). The third kappa shape index (κ3) is 65.8. The maximum atomic E-state index is 13.4. The summed E-state index contributed by atoms with van der Waals surface area (Å²) in [6.45, 7) is 14.6. The first-order chi connectivity index (χ1) is 55.5. The summed E-state index contributed by atoms with van der Waals surface area (Å²) in [5.74, 6) is -3.24. The highest BCUT2D eigenvalue weighted by Crippen LogP contribution is 2.04. The van der Waals surface area contributed by atoms with Crippen LogP contribution in [0, 0.1) is 0 Å². The van der Waals surface area contributed by atoms with Crippen LogP contribution in [0.3, 0.4) is 0 Å². The van der Waals surface area contributed by atoms with Crippen molar-refractivity contribution >= 4 is 82.7 Å². The maximum Gasteiger partial charge on any atom is 0.221 e. The summed E-state index contributed by atoms with van der Waals surface area (Å²) in [5, 5.41) is 39.4. The van der Waals surface area contributed by atoms with Crippen molar-refractivity contribution in [3.8, 4) is 0 Å². The molecular formula is C72H147N29O14. The van der Waals surface area contributed by atoms with Gasteiger partial charge in [-0.2, -0.15) is 0 Å². The molecule has 0 saturated heterocycles. The van der Waals surface area contributed by atoms with Crippen LogP contribution >= 0.6 is 0 Å². The fraction of sp³-hybridized carbons (Fsp3) is 0.806. The number of nitrogens with one attached hydrogen (secondary N) is 14. The average molecular weight is 1640 g/mol. The fourth-order valence-corrected chi connectivity index (χ4v) is 11.1. The normalized spacial score (nSPS) is 11.2. The van der Waals surface area contributed by atoms with E-state index in [9.17, 15) is 67.1 Å². The molecule has 30 N–H and O–H groups in total. The summed E-state index contributed by atoms with van der Waals surface area (Å²) in [6.07, 6.45) is 1.58. The number of carbonyl (C=O) groups is 14. The molecule has 14 amide bonds. The number of amides is 14. The summed E-state index contributed by atoms with van der Waals surface area (Å²) in [4.78, 5) is 193. The van der Waals surface area contributed by atoms with Crippen molar-refractivity contribution in [1.29, 1.82) is 0 Å². The van der Waals surface area contributed by atoms with Crippen LogP contribution in [0.5, 0.6) is 0 Å². The second kappa shape index (κ2) is 73.6. The maximum absolute atomic E-state index is 13.4. The molecule has 0 atom stereocenters. The zero-order chi connectivity index (χ0) is 85.3. The monoisotopic (exact) mass is 1640 g/mol. The van der Waals surface area contributed by atoms with Gasteiger partial charge in [0.1, 0.15) is 0 Å². The van der Waals surface area contributed by atoms with Crippen molar-refractivity contribution < 1.29 is 67.1 Å². The lowest BCUT2D eigenvalue weighted by molar-refractivity contribution is -0.123. The molecule has 0 radical (unpaired) electrons. The van der Waals surface area contributed by atoms with E-state index in [1.54, 1.807) is 0 Å². The Morgan fingerprint density at radius 2 is 0.252 bits per heavy atom. The quantitative estimate of drug-likeness (QED) is 0.0269. The zero-order valence-corrected chi connectivity index (χ0v) is 68.8. The number of carbonyl (C=O) groups excluding carboxylic acids is 14. The van der Waals surface area contributed by atoms with Crippen molar-refractivity contribution in [3.05, 3.63) is 0 Å². The largest absolute Gasteiger partial charge is 0.355 e. The minimum atomic E-state index is -0.284. The molecule has 0 aliphatic rings. The first kappa shape index (κ1) is 107. The Labute approximate surface area is 680 Å². The minimum absolute atomic E-state index is 0.0371. The molecule has 0 aromatic heterocycles.